The monoisotopic (exact) mass is 369 g/mol. The number of benzene rings is 2. The third-order valence-corrected chi connectivity index (χ3v) is 4.64. The largest absolute Gasteiger partial charge is 0.330 e. The standard InChI is InChI=1S/C20H20ClN3O2/c1-3-15(13-14-9-5-4-6-10-14)19(25)24(2)20-22-18(23-26-20)16-11-7-8-12-17(16)21/h4-12,15H,3,13H2,1-2H3. The molecule has 1 heterocycles. The van der Waals surface area contributed by atoms with E-state index in [9.17, 15) is 4.79 Å². The van der Waals surface area contributed by atoms with Crippen molar-refractivity contribution in [1.29, 1.82) is 0 Å². The van der Waals surface area contributed by atoms with Crippen molar-refractivity contribution in [3.63, 3.8) is 0 Å². The molecule has 3 rings (SSSR count). The molecule has 134 valence electrons. The Bertz CT molecular complexity index is 880. The summed E-state index contributed by atoms with van der Waals surface area (Å²) in [5.74, 6) is 0.158. The molecule has 0 aliphatic rings. The van der Waals surface area contributed by atoms with Crippen LogP contribution in [0.4, 0.5) is 6.01 Å². The van der Waals surface area contributed by atoms with E-state index in [-0.39, 0.29) is 17.8 Å². The minimum absolute atomic E-state index is 0.0503. The van der Waals surface area contributed by atoms with Crippen LogP contribution in [0.2, 0.25) is 5.02 Å². The molecule has 0 bridgehead atoms. The van der Waals surface area contributed by atoms with E-state index >= 15 is 0 Å². The van der Waals surface area contributed by atoms with Crippen molar-refractivity contribution in [2.75, 3.05) is 11.9 Å². The fraction of sp³-hybridized carbons (Fsp3) is 0.250. The lowest BCUT2D eigenvalue weighted by atomic mass is 9.96. The predicted molar refractivity (Wildman–Crippen MR) is 102 cm³/mol. The fourth-order valence-electron chi connectivity index (χ4n) is 2.78. The Kier molecular flexibility index (Phi) is 5.68. The van der Waals surface area contributed by atoms with E-state index in [2.05, 4.69) is 10.1 Å². The van der Waals surface area contributed by atoms with Crippen LogP contribution in [-0.2, 0) is 11.2 Å². The van der Waals surface area contributed by atoms with Crippen molar-refractivity contribution < 1.29 is 9.32 Å². The van der Waals surface area contributed by atoms with Crippen LogP contribution in [0.3, 0.4) is 0 Å². The van der Waals surface area contributed by atoms with Gasteiger partial charge < -0.3 is 4.52 Å². The van der Waals surface area contributed by atoms with Crippen molar-refractivity contribution in [3.05, 3.63) is 65.2 Å². The Morgan fingerprint density at radius 3 is 2.54 bits per heavy atom. The molecule has 0 fully saturated rings. The molecule has 1 unspecified atom stereocenters. The van der Waals surface area contributed by atoms with Gasteiger partial charge in [0.15, 0.2) is 0 Å². The van der Waals surface area contributed by atoms with E-state index in [4.69, 9.17) is 16.1 Å². The van der Waals surface area contributed by atoms with E-state index in [1.807, 2.05) is 55.5 Å². The lowest BCUT2D eigenvalue weighted by Gasteiger charge is -2.19. The van der Waals surface area contributed by atoms with E-state index in [1.165, 1.54) is 4.90 Å². The van der Waals surface area contributed by atoms with E-state index in [1.54, 1.807) is 13.1 Å². The van der Waals surface area contributed by atoms with Crippen LogP contribution in [0, 0.1) is 5.92 Å². The zero-order valence-electron chi connectivity index (χ0n) is 14.7. The summed E-state index contributed by atoms with van der Waals surface area (Å²) < 4.78 is 5.29. The van der Waals surface area contributed by atoms with Gasteiger partial charge in [-0.3, -0.25) is 9.69 Å². The maximum Gasteiger partial charge on any atom is 0.330 e. The molecule has 0 aliphatic carbocycles. The Balaban J connectivity index is 1.77. The molecule has 0 N–H and O–H groups in total. The van der Waals surface area contributed by atoms with E-state index in [0.29, 0.717) is 22.8 Å². The average molecular weight is 370 g/mol. The molecule has 5 nitrogen and oxygen atoms in total. The minimum atomic E-state index is -0.155. The first-order valence-electron chi connectivity index (χ1n) is 8.50. The highest BCUT2D eigenvalue weighted by Gasteiger charge is 2.25. The SMILES string of the molecule is CCC(Cc1ccccc1)C(=O)N(C)c1nc(-c2ccccc2Cl)no1. The molecule has 0 radical (unpaired) electrons. The zero-order valence-corrected chi connectivity index (χ0v) is 15.5. The number of hydrogen-bond acceptors (Lipinski definition) is 4. The van der Waals surface area contributed by atoms with Gasteiger partial charge in [-0.25, -0.2) is 0 Å². The fourth-order valence-corrected chi connectivity index (χ4v) is 3.00. The Labute approximate surface area is 157 Å². The van der Waals surface area contributed by atoms with E-state index < -0.39 is 0 Å². The number of carbonyl (C=O) groups excluding carboxylic acids is 1. The molecular weight excluding hydrogens is 350 g/mol. The van der Waals surface area contributed by atoms with Crippen LogP contribution in [0.1, 0.15) is 18.9 Å². The van der Waals surface area contributed by atoms with E-state index in [0.717, 1.165) is 12.0 Å². The van der Waals surface area contributed by atoms with Gasteiger partial charge in [0.2, 0.25) is 11.7 Å². The summed E-state index contributed by atoms with van der Waals surface area (Å²) in [6.45, 7) is 2.00. The highest BCUT2D eigenvalue weighted by Crippen LogP contribution is 2.27. The molecule has 0 saturated heterocycles. The summed E-state index contributed by atoms with van der Waals surface area (Å²) in [6, 6.07) is 17.4. The Morgan fingerprint density at radius 2 is 1.85 bits per heavy atom. The quantitative estimate of drug-likeness (QED) is 0.636. The number of amides is 1. The predicted octanol–water partition coefficient (Wildman–Crippen LogP) is 4.62. The first kappa shape index (κ1) is 18.1. The topological polar surface area (TPSA) is 59.2 Å². The molecular formula is C20H20ClN3O2. The summed E-state index contributed by atoms with van der Waals surface area (Å²) in [7, 11) is 1.65. The number of aromatic nitrogens is 2. The highest BCUT2D eigenvalue weighted by atomic mass is 35.5. The molecule has 1 amide bonds. The number of halogens is 1. The molecule has 3 aromatic rings. The van der Waals surface area contributed by atoms with Crippen LogP contribution in [0.25, 0.3) is 11.4 Å². The third-order valence-electron chi connectivity index (χ3n) is 4.31. The van der Waals surface area contributed by atoms with Gasteiger partial charge >= 0.3 is 6.01 Å². The lowest BCUT2D eigenvalue weighted by Crippen LogP contribution is -2.34. The second-order valence-electron chi connectivity index (χ2n) is 6.07. The van der Waals surface area contributed by atoms with Gasteiger partial charge in [-0.2, -0.15) is 4.98 Å². The molecule has 0 saturated carbocycles. The van der Waals surface area contributed by atoms with Gasteiger partial charge in [-0.05, 0) is 30.5 Å². The highest BCUT2D eigenvalue weighted by molar-refractivity contribution is 6.33. The summed E-state index contributed by atoms with van der Waals surface area (Å²) in [5, 5.41) is 4.49. The molecule has 1 aromatic heterocycles. The van der Waals surface area contributed by atoms with Crippen LogP contribution in [0.5, 0.6) is 0 Å². The normalized spacial score (nSPS) is 12.0. The molecule has 2 aromatic carbocycles. The van der Waals surface area contributed by atoms with Gasteiger partial charge in [0, 0.05) is 18.5 Å². The number of rotatable bonds is 6. The van der Waals surface area contributed by atoms with Crippen molar-refractivity contribution >= 4 is 23.5 Å². The maximum atomic E-state index is 12.9. The average Bonchev–Trinajstić information content (AvgIpc) is 3.16. The smallest absolute Gasteiger partial charge is 0.314 e. The molecule has 26 heavy (non-hydrogen) atoms. The molecule has 6 heteroatoms. The number of carbonyl (C=O) groups is 1. The number of nitrogens with zero attached hydrogens (tertiary/aromatic N) is 3. The van der Waals surface area contributed by atoms with Gasteiger partial charge in [0.25, 0.3) is 0 Å². The van der Waals surface area contributed by atoms with Crippen LogP contribution in [-0.4, -0.2) is 23.1 Å². The van der Waals surface area contributed by atoms with Gasteiger partial charge in [0.1, 0.15) is 0 Å². The maximum absolute atomic E-state index is 12.9. The van der Waals surface area contributed by atoms with Crippen molar-refractivity contribution in [2.24, 2.45) is 5.92 Å². The van der Waals surface area contributed by atoms with Crippen molar-refractivity contribution in [2.45, 2.75) is 19.8 Å². The van der Waals surface area contributed by atoms with Gasteiger partial charge in [-0.15, -0.1) is 0 Å². The Hall–Kier alpha value is -2.66. The summed E-state index contributed by atoms with van der Waals surface area (Å²) >= 11 is 6.17. The first-order valence-corrected chi connectivity index (χ1v) is 8.88. The van der Waals surface area contributed by atoms with Gasteiger partial charge in [0.05, 0.1) is 5.02 Å². The summed E-state index contributed by atoms with van der Waals surface area (Å²) in [4.78, 5) is 18.6. The van der Waals surface area contributed by atoms with Gasteiger partial charge in [-0.1, -0.05) is 66.1 Å². The minimum Gasteiger partial charge on any atom is -0.314 e. The van der Waals surface area contributed by atoms with Crippen LogP contribution < -0.4 is 4.90 Å². The summed E-state index contributed by atoms with van der Waals surface area (Å²) in [5.41, 5.74) is 1.80. The first-order chi connectivity index (χ1) is 12.6. The Morgan fingerprint density at radius 1 is 1.15 bits per heavy atom. The van der Waals surface area contributed by atoms with Crippen LogP contribution >= 0.6 is 11.6 Å². The molecule has 1 atom stereocenters. The van der Waals surface area contributed by atoms with Crippen molar-refractivity contribution in [3.8, 4) is 11.4 Å². The second kappa shape index (κ2) is 8.15. The zero-order chi connectivity index (χ0) is 18.5. The number of anilines is 1. The lowest BCUT2D eigenvalue weighted by molar-refractivity contribution is -0.122. The molecule has 0 aliphatic heterocycles. The summed E-state index contributed by atoms with van der Waals surface area (Å²) in [6.07, 6.45) is 1.40. The second-order valence-corrected chi connectivity index (χ2v) is 6.48. The van der Waals surface area contributed by atoms with Crippen molar-refractivity contribution in [1.82, 2.24) is 10.1 Å². The third kappa shape index (κ3) is 3.94. The number of hydrogen-bond donors (Lipinski definition) is 0. The van der Waals surface area contributed by atoms with Crippen LogP contribution in [0.15, 0.2) is 59.1 Å². The molecule has 0 spiro atoms.